The molecule has 29 heavy (non-hydrogen) atoms. The summed E-state index contributed by atoms with van der Waals surface area (Å²) in [5.74, 6) is -1.64. The van der Waals surface area contributed by atoms with E-state index in [-0.39, 0.29) is 22.4 Å². The number of aromatic nitrogens is 3. The van der Waals surface area contributed by atoms with Crippen LogP contribution in [0, 0.1) is 11.6 Å². The molecular formula is C18H16ClF3N6S. The third-order valence-corrected chi connectivity index (χ3v) is 5.00. The summed E-state index contributed by atoms with van der Waals surface area (Å²) in [5, 5.41) is 3.15. The summed E-state index contributed by atoms with van der Waals surface area (Å²) >= 11 is 7.00. The molecule has 0 saturated heterocycles. The maximum Gasteiger partial charge on any atom is 0.182 e. The van der Waals surface area contributed by atoms with Gasteiger partial charge in [0.1, 0.15) is 11.8 Å². The van der Waals surface area contributed by atoms with E-state index < -0.39 is 18.4 Å². The van der Waals surface area contributed by atoms with Crippen LogP contribution in [0.15, 0.2) is 35.7 Å². The maximum atomic E-state index is 14.3. The topological polar surface area (TPSA) is 89.1 Å². The van der Waals surface area contributed by atoms with Crippen molar-refractivity contribution in [3.63, 3.8) is 0 Å². The minimum atomic E-state index is -1.01. The van der Waals surface area contributed by atoms with Gasteiger partial charge in [-0.2, -0.15) is 0 Å². The van der Waals surface area contributed by atoms with Crippen LogP contribution in [0.25, 0.3) is 11.0 Å². The number of rotatable bonds is 6. The zero-order chi connectivity index (χ0) is 21.0. The predicted molar refractivity (Wildman–Crippen MR) is 110 cm³/mol. The number of nitrogens with one attached hydrogen (secondary N) is 1. The maximum absolute atomic E-state index is 14.3. The number of nitrogens with zero attached hydrogens (tertiary/aromatic N) is 4. The molecule has 0 amide bonds. The van der Waals surface area contributed by atoms with Crippen molar-refractivity contribution in [2.24, 2.45) is 10.7 Å². The lowest BCUT2D eigenvalue weighted by molar-refractivity contribution is 0.499. The number of nitrogens with two attached hydrogens (primary N) is 1. The van der Waals surface area contributed by atoms with Gasteiger partial charge < -0.3 is 11.1 Å². The normalized spacial score (nSPS) is 12.9. The van der Waals surface area contributed by atoms with Gasteiger partial charge in [0.2, 0.25) is 0 Å². The van der Waals surface area contributed by atoms with Crippen LogP contribution in [0.1, 0.15) is 12.5 Å². The van der Waals surface area contributed by atoms with Gasteiger partial charge in [-0.05, 0) is 24.1 Å². The number of amidine groups is 1. The Kier molecular flexibility index (Phi) is 6.75. The van der Waals surface area contributed by atoms with Gasteiger partial charge in [-0.15, -0.1) is 0 Å². The molecule has 11 heteroatoms. The second-order valence-electron chi connectivity index (χ2n) is 6.05. The molecule has 0 unspecified atom stereocenters. The van der Waals surface area contributed by atoms with E-state index in [0.29, 0.717) is 27.6 Å². The molecule has 2 heterocycles. The molecule has 1 atom stereocenters. The van der Waals surface area contributed by atoms with Crippen molar-refractivity contribution < 1.29 is 13.2 Å². The molecule has 3 rings (SSSR count). The van der Waals surface area contributed by atoms with Crippen LogP contribution in [0.4, 0.5) is 24.7 Å². The summed E-state index contributed by atoms with van der Waals surface area (Å²) in [5.41, 5.74) is 6.93. The number of pyridine rings is 1. The standard InChI is InChI=1S/C18H16ClF3N6S/c1-9(29-18(23)25-7-20)2-10-3-12(5-13(21)15(10)22)28-17-16-14(26-8-27-17)4-11(19)6-24-16/h3-6,8-9H,2,7H2,1H3,(H2,23,25)(H,26,27,28)/t9-/m1/s1. The predicted octanol–water partition coefficient (Wildman–Crippen LogP) is 4.61. The SMILES string of the molecule is C[C@H](Cc1cc(Nc2ncnc3cc(Cl)cnc23)cc(F)c1F)SC(N)=NCF. The molecule has 6 nitrogen and oxygen atoms in total. The lowest BCUT2D eigenvalue weighted by Gasteiger charge is -2.14. The van der Waals surface area contributed by atoms with Crippen LogP contribution in [-0.2, 0) is 6.42 Å². The number of benzene rings is 1. The van der Waals surface area contributed by atoms with Crippen LogP contribution < -0.4 is 11.1 Å². The summed E-state index contributed by atoms with van der Waals surface area (Å²) in [6.45, 7) is 0.828. The van der Waals surface area contributed by atoms with E-state index in [0.717, 1.165) is 17.8 Å². The highest BCUT2D eigenvalue weighted by Gasteiger charge is 2.16. The molecule has 0 aliphatic heterocycles. The van der Waals surface area contributed by atoms with E-state index in [1.165, 1.54) is 18.6 Å². The zero-order valence-corrected chi connectivity index (χ0v) is 16.7. The van der Waals surface area contributed by atoms with Crippen molar-refractivity contribution in [2.75, 3.05) is 12.1 Å². The quantitative estimate of drug-likeness (QED) is 0.330. The number of anilines is 2. The van der Waals surface area contributed by atoms with E-state index in [9.17, 15) is 13.2 Å². The van der Waals surface area contributed by atoms with Crippen molar-refractivity contribution in [3.05, 3.63) is 52.9 Å². The number of hydrogen-bond donors (Lipinski definition) is 2. The van der Waals surface area contributed by atoms with Crippen LogP contribution in [0.3, 0.4) is 0 Å². The van der Waals surface area contributed by atoms with Gasteiger partial charge in [-0.1, -0.05) is 30.3 Å². The van der Waals surface area contributed by atoms with E-state index in [1.54, 1.807) is 13.0 Å². The molecule has 0 saturated carbocycles. The zero-order valence-electron chi connectivity index (χ0n) is 15.2. The Morgan fingerprint density at radius 3 is 2.83 bits per heavy atom. The number of aliphatic imine (C=N–C) groups is 1. The van der Waals surface area contributed by atoms with E-state index in [2.05, 4.69) is 25.3 Å². The highest BCUT2D eigenvalue weighted by molar-refractivity contribution is 8.14. The van der Waals surface area contributed by atoms with Crippen LogP contribution >= 0.6 is 23.4 Å². The molecule has 152 valence electrons. The summed E-state index contributed by atoms with van der Waals surface area (Å²) in [7, 11) is 0. The lowest BCUT2D eigenvalue weighted by Crippen LogP contribution is -2.14. The van der Waals surface area contributed by atoms with Crippen LogP contribution in [-0.4, -0.2) is 32.2 Å². The van der Waals surface area contributed by atoms with Gasteiger partial charge in [0.05, 0.1) is 10.5 Å². The third kappa shape index (κ3) is 5.27. The van der Waals surface area contributed by atoms with E-state index in [1.807, 2.05) is 0 Å². The Labute approximate surface area is 173 Å². The fourth-order valence-corrected chi connectivity index (χ4v) is 3.62. The molecule has 3 N–H and O–H groups in total. The van der Waals surface area contributed by atoms with Crippen LogP contribution in [0.2, 0.25) is 5.02 Å². The average Bonchev–Trinajstić information content (AvgIpc) is 2.65. The highest BCUT2D eigenvalue weighted by atomic mass is 35.5. The summed E-state index contributed by atoms with van der Waals surface area (Å²) in [6.07, 6.45) is 2.91. The van der Waals surface area contributed by atoms with Crippen molar-refractivity contribution in [2.45, 2.75) is 18.6 Å². The van der Waals surface area contributed by atoms with Gasteiger partial charge in [-0.25, -0.2) is 33.1 Å². The second-order valence-corrected chi connectivity index (χ2v) is 7.94. The molecule has 0 aliphatic rings. The third-order valence-electron chi connectivity index (χ3n) is 3.85. The van der Waals surface area contributed by atoms with Crippen molar-refractivity contribution in [3.8, 4) is 0 Å². The number of thioether (sulfide) groups is 1. The molecule has 0 fully saturated rings. The largest absolute Gasteiger partial charge is 0.378 e. The molecule has 3 aromatic rings. The van der Waals surface area contributed by atoms with Crippen molar-refractivity contribution >= 4 is 51.1 Å². The Balaban J connectivity index is 1.87. The monoisotopic (exact) mass is 440 g/mol. The van der Waals surface area contributed by atoms with E-state index >= 15 is 0 Å². The molecule has 0 aliphatic carbocycles. The van der Waals surface area contributed by atoms with Gasteiger partial charge in [0.15, 0.2) is 29.4 Å². The first-order valence-corrected chi connectivity index (χ1v) is 9.67. The highest BCUT2D eigenvalue weighted by Crippen LogP contribution is 2.27. The first-order chi connectivity index (χ1) is 13.9. The average molecular weight is 441 g/mol. The minimum Gasteiger partial charge on any atom is -0.378 e. The van der Waals surface area contributed by atoms with Crippen molar-refractivity contribution in [1.82, 2.24) is 15.0 Å². The number of hydrogen-bond acceptors (Lipinski definition) is 6. The molecule has 2 aromatic heterocycles. The van der Waals surface area contributed by atoms with Gasteiger partial charge in [0, 0.05) is 23.2 Å². The van der Waals surface area contributed by atoms with Crippen LogP contribution in [0.5, 0.6) is 0 Å². The van der Waals surface area contributed by atoms with Crippen molar-refractivity contribution in [1.29, 1.82) is 0 Å². The molecule has 0 spiro atoms. The molecular weight excluding hydrogens is 425 g/mol. The molecule has 0 bridgehead atoms. The first-order valence-electron chi connectivity index (χ1n) is 8.41. The number of fused-ring (bicyclic) bond motifs is 1. The Morgan fingerprint density at radius 2 is 2.07 bits per heavy atom. The molecule has 1 aromatic carbocycles. The van der Waals surface area contributed by atoms with Gasteiger partial charge in [-0.3, -0.25) is 0 Å². The fourth-order valence-electron chi connectivity index (χ4n) is 2.67. The second kappa shape index (κ2) is 9.27. The minimum absolute atomic E-state index is 0.0485. The lowest BCUT2D eigenvalue weighted by atomic mass is 10.1. The smallest absolute Gasteiger partial charge is 0.182 e. The Hall–Kier alpha value is -2.59. The summed E-state index contributed by atoms with van der Waals surface area (Å²) in [6, 6.07) is 4.12. The number of halogens is 4. The Morgan fingerprint density at radius 1 is 1.28 bits per heavy atom. The summed E-state index contributed by atoms with van der Waals surface area (Å²) < 4.78 is 40.6. The van der Waals surface area contributed by atoms with Gasteiger partial charge in [0.25, 0.3) is 0 Å². The van der Waals surface area contributed by atoms with E-state index in [4.69, 9.17) is 17.3 Å². The summed E-state index contributed by atoms with van der Waals surface area (Å²) in [4.78, 5) is 15.8. The number of alkyl halides is 1. The first kappa shape index (κ1) is 21.1. The van der Waals surface area contributed by atoms with Gasteiger partial charge >= 0.3 is 0 Å². The fraction of sp³-hybridized carbons (Fsp3) is 0.222. The molecule has 0 radical (unpaired) electrons. The Bertz CT molecular complexity index is 1070.